The number of likely N-dealkylation sites (tertiary alicyclic amines) is 1. The number of nitrogens with one attached hydrogen (secondary N) is 1. The Morgan fingerprint density at radius 3 is 2.87 bits per heavy atom. The summed E-state index contributed by atoms with van der Waals surface area (Å²) >= 11 is 0. The molecule has 6 nitrogen and oxygen atoms in total. The molecule has 0 radical (unpaired) electrons. The fourth-order valence-corrected chi connectivity index (χ4v) is 3.76. The SMILES string of the molecule is CCC(=O)N1CCCC[C@@H]1c1nc(Nc2cccc(F)c2)cc(-c2cccnc2)n1. The maximum atomic E-state index is 13.6. The van der Waals surface area contributed by atoms with Gasteiger partial charge >= 0.3 is 0 Å². The molecule has 1 N–H and O–H groups in total. The Bertz CT molecular complexity index is 1030. The van der Waals surface area contributed by atoms with Crippen molar-refractivity contribution in [3.63, 3.8) is 0 Å². The molecule has 1 aliphatic rings. The predicted molar refractivity (Wildman–Crippen MR) is 114 cm³/mol. The highest BCUT2D eigenvalue weighted by atomic mass is 19.1. The Kier molecular flexibility index (Phi) is 5.97. The van der Waals surface area contributed by atoms with Crippen LogP contribution in [0.1, 0.15) is 44.5 Å². The molecule has 1 atom stereocenters. The minimum atomic E-state index is -0.325. The van der Waals surface area contributed by atoms with E-state index >= 15 is 0 Å². The van der Waals surface area contributed by atoms with Crippen LogP contribution in [0, 0.1) is 5.82 Å². The van der Waals surface area contributed by atoms with Gasteiger partial charge in [0, 0.05) is 42.7 Å². The van der Waals surface area contributed by atoms with Gasteiger partial charge in [0.15, 0.2) is 5.82 Å². The van der Waals surface area contributed by atoms with Gasteiger partial charge < -0.3 is 10.2 Å². The van der Waals surface area contributed by atoms with Crippen molar-refractivity contribution in [2.45, 2.75) is 38.6 Å². The topological polar surface area (TPSA) is 71.0 Å². The molecule has 1 fully saturated rings. The number of amides is 1. The van der Waals surface area contributed by atoms with Crippen molar-refractivity contribution < 1.29 is 9.18 Å². The van der Waals surface area contributed by atoms with Crippen molar-refractivity contribution in [2.24, 2.45) is 0 Å². The van der Waals surface area contributed by atoms with Gasteiger partial charge in [0.2, 0.25) is 5.91 Å². The van der Waals surface area contributed by atoms with Gasteiger partial charge in [-0.3, -0.25) is 9.78 Å². The average molecular weight is 405 g/mol. The monoisotopic (exact) mass is 405 g/mol. The Hall–Kier alpha value is -3.35. The van der Waals surface area contributed by atoms with E-state index in [1.54, 1.807) is 24.5 Å². The molecule has 1 saturated heterocycles. The summed E-state index contributed by atoms with van der Waals surface area (Å²) in [6, 6.07) is 11.7. The predicted octanol–water partition coefficient (Wildman–Crippen LogP) is 4.88. The number of hydrogen-bond acceptors (Lipinski definition) is 5. The molecule has 2 aromatic heterocycles. The third-order valence-corrected chi connectivity index (χ3v) is 5.22. The molecule has 3 aromatic rings. The Morgan fingerprint density at radius 2 is 2.10 bits per heavy atom. The summed E-state index contributed by atoms with van der Waals surface area (Å²) < 4.78 is 13.6. The Labute approximate surface area is 175 Å². The van der Waals surface area contributed by atoms with E-state index in [1.165, 1.54) is 12.1 Å². The first-order valence-corrected chi connectivity index (χ1v) is 10.3. The molecule has 1 aliphatic heterocycles. The lowest BCUT2D eigenvalue weighted by atomic mass is 10.0. The van der Waals surface area contributed by atoms with Gasteiger partial charge in [-0.15, -0.1) is 0 Å². The number of pyridine rings is 1. The molecule has 1 aromatic carbocycles. The number of benzene rings is 1. The molecule has 30 heavy (non-hydrogen) atoms. The van der Waals surface area contributed by atoms with Gasteiger partial charge in [0.1, 0.15) is 11.6 Å². The molecular weight excluding hydrogens is 381 g/mol. The first-order valence-electron chi connectivity index (χ1n) is 10.3. The normalized spacial score (nSPS) is 16.3. The smallest absolute Gasteiger partial charge is 0.222 e. The zero-order valence-electron chi connectivity index (χ0n) is 16.9. The highest BCUT2D eigenvalue weighted by Gasteiger charge is 2.29. The maximum Gasteiger partial charge on any atom is 0.222 e. The number of halogens is 1. The number of nitrogens with zero attached hydrogens (tertiary/aromatic N) is 4. The largest absolute Gasteiger partial charge is 0.340 e. The van der Waals surface area contributed by atoms with Crippen LogP contribution in [-0.4, -0.2) is 32.3 Å². The van der Waals surface area contributed by atoms with Crippen molar-refractivity contribution in [3.8, 4) is 11.3 Å². The van der Waals surface area contributed by atoms with Crippen molar-refractivity contribution in [2.75, 3.05) is 11.9 Å². The van der Waals surface area contributed by atoms with Crippen LogP contribution in [0.4, 0.5) is 15.9 Å². The summed E-state index contributed by atoms with van der Waals surface area (Å²) in [6.07, 6.45) is 6.73. The number of piperidine rings is 1. The lowest BCUT2D eigenvalue weighted by Crippen LogP contribution is -2.39. The molecule has 0 spiro atoms. The lowest BCUT2D eigenvalue weighted by molar-refractivity contribution is -0.134. The average Bonchev–Trinajstić information content (AvgIpc) is 2.79. The van der Waals surface area contributed by atoms with E-state index in [0.29, 0.717) is 36.0 Å². The zero-order chi connectivity index (χ0) is 20.9. The van der Waals surface area contributed by atoms with Crippen molar-refractivity contribution in [1.82, 2.24) is 19.9 Å². The highest BCUT2D eigenvalue weighted by molar-refractivity contribution is 5.76. The lowest BCUT2D eigenvalue weighted by Gasteiger charge is -2.35. The number of carbonyl (C=O) groups excluding carboxylic acids is 1. The number of carbonyl (C=O) groups is 1. The van der Waals surface area contributed by atoms with Crippen LogP contribution in [0.3, 0.4) is 0 Å². The van der Waals surface area contributed by atoms with Crippen LogP contribution in [0.2, 0.25) is 0 Å². The standard InChI is InChI=1S/C23H24FN5O/c1-2-22(30)29-12-4-3-10-20(29)23-27-19(16-7-6-11-25-15-16)14-21(28-23)26-18-9-5-8-17(24)13-18/h5-9,11,13-15,20H,2-4,10,12H2,1H3,(H,26,27,28)/t20-/m1/s1. The first-order chi connectivity index (χ1) is 14.6. The van der Waals surface area contributed by atoms with Crippen molar-refractivity contribution in [1.29, 1.82) is 0 Å². The summed E-state index contributed by atoms with van der Waals surface area (Å²) in [4.78, 5) is 28.1. The second-order valence-corrected chi connectivity index (χ2v) is 7.33. The molecule has 0 unspecified atom stereocenters. The minimum Gasteiger partial charge on any atom is -0.340 e. The molecule has 3 heterocycles. The van der Waals surface area contributed by atoms with Gasteiger partial charge in [-0.1, -0.05) is 13.0 Å². The molecule has 0 aliphatic carbocycles. The molecule has 1 amide bonds. The molecule has 0 bridgehead atoms. The second kappa shape index (κ2) is 8.98. The van der Waals surface area contributed by atoms with E-state index in [0.717, 1.165) is 24.8 Å². The van der Waals surface area contributed by atoms with Crippen LogP contribution in [0.5, 0.6) is 0 Å². The number of anilines is 2. The van der Waals surface area contributed by atoms with Crippen LogP contribution in [-0.2, 0) is 4.79 Å². The summed E-state index contributed by atoms with van der Waals surface area (Å²) in [6.45, 7) is 2.59. The third-order valence-electron chi connectivity index (χ3n) is 5.22. The van der Waals surface area contributed by atoms with Crippen LogP contribution in [0.25, 0.3) is 11.3 Å². The summed E-state index contributed by atoms with van der Waals surface area (Å²) in [7, 11) is 0. The van der Waals surface area contributed by atoms with Crippen molar-refractivity contribution in [3.05, 3.63) is 66.5 Å². The van der Waals surface area contributed by atoms with Crippen LogP contribution in [0.15, 0.2) is 54.9 Å². The number of aromatic nitrogens is 3. The molecule has 4 rings (SSSR count). The van der Waals surface area contributed by atoms with Gasteiger partial charge in [0.25, 0.3) is 0 Å². The van der Waals surface area contributed by atoms with E-state index in [1.807, 2.05) is 30.0 Å². The van der Waals surface area contributed by atoms with E-state index < -0.39 is 0 Å². The molecular formula is C23H24FN5O. The van der Waals surface area contributed by atoms with Gasteiger partial charge in [-0.2, -0.15) is 0 Å². The third kappa shape index (κ3) is 4.45. The zero-order valence-corrected chi connectivity index (χ0v) is 16.9. The van der Waals surface area contributed by atoms with Crippen molar-refractivity contribution >= 4 is 17.4 Å². The number of rotatable bonds is 5. The summed E-state index contributed by atoms with van der Waals surface area (Å²) in [5, 5.41) is 3.18. The second-order valence-electron chi connectivity index (χ2n) is 7.33. The quantitative estimate of drug-likeness (QED) is 0.655. The van der Waals surface area contributed by atoms with Gasteiger partial charge in [0.05, 0.1) is 11.7 Å². The molecule has 7 heteroatoms. The fourth-order valence-electron chi connectivity index (χ4n) is 3.76. The maximum absolute atomic E-state index is 13.6. The van der Waals surface area contributed by atoms with E-state index in [4.69, 9.17) is 9.97 Å². The molecule has 154 valence electrons. The highest BCUT2D eigenvalue weighted by Crippen LogP contribution is 2.32. The summed E-state index contributed by atoms with van der Waals surface area (Å²) in [5.74, 6) is 0.930. The van der Waals surface area contributed by atoms with Gasteiger partial charge in [-0.25, -0.2) is 14.4 Å². The van der Waals surface area contributed by atoms with E-state index in [-0.39, 0.29) is 17.8 Å². The minimum absolute atomic E-state index is 0.106. The van der Waals surface area contributed by atoms with Gasteiger partial charge in [-0.05, 0) is 49.6 Å². The van der Waals surface area contributed by atoms with E-state index in [2.05, 4.69) is 10.3 Å². The number of hydrogen-bond donors (Lipinski definition) is 1. The Morgan fingerprint density at radius 1 is 1.20 bits per heavy atom. The fraction of sp³-hybridized carbons (Fsp3) is 0.304. The van der Waals surface area contributed by atoms with Crippen LogP contribution < -0.4 is 5.32 Å². The first kappa shape index (κ1) is 19.9. The van der Waals surface area contributed by atoms with E-state index in [9.17, 15) is 9.18 Å². The summed E-state index contributed by atoms with van der Waals surface area (Å²) in [5.41, 5.74) is 2.16. The van der Waals surface area contributed by atoms with Crippen LogP contribution >= 0.6 is 0 Å². The molecule has 0 saturated carbocycles. The Balaban J connectivity index is 1.76.